The lowest BCUT2D eigenvalue weighted by molar-refractivity contribution is -0.384. The molecule has 2 aliphatic rings. The van der Waals surface area contributed by atoms with Crippen LogP contribution in [0.3, 0.4) is 0 Å². The zero-order chi connectivity index (χ0) is 23.4. The van der Waals surface area contributed by atoms with E-state index in [1.54, 1.807) is 18.2 Å². The molecule has 0 aliphatic carbocycles. The van der Waals surface area contributed by atoms with Crippen LogP contribution in [0.2, 0.25) is 0 Å². The Morgan fingerprint density at radius 2 is 1.91 bits per heavy atom. The minimum absolute atomic E-state index is 0.0320. The zero-order valence-corrected chi connectivity index (χ0v) is 18.9. The summed E-state index contributed by atoms with van der Waals surface area (Å²) < 4.78 is 5.45. The molecular formula is C24H23N3O5S. The summed E-state index contributed by atoms with van der Waals surface area (Å²) in [5.41, 5.74) is 1.94. The summed E-state index contributed by atoms with van der Waals surface area (Å²) in [6.45, 7) is 1.95. The second-order valence-corrected chi connectivity index (χ2v) is 8.91. The Morgan fingerprint density at radius 3 is 2.58 bits per heavy atom. The van der Waals surface area contributed by atoms with E-state index >= 15 is 0 Å². The Morgan fingerprint density at radius 1 is 1.18 bits per heavy atom. The maximum absolute atomic E-state index is 12.9. The average molecular weight is 466 g/mol. The number of allylic oxidation sites excluding steroid dienone is 1. The molecule has 8 nitrogen and oxygen atoms in total. The van der Waals surface area contributed by atoms with E-state index < -0.39 is 16.9 Å². The van der Waals surface area contributed by atoms with Gasteiger partial charge in [-0.3, -0.25) is 24.8 Å². The number of likely N-dealkylation sites (tertiary alicyclic amines) is 1. The van der Waals surface area contributed by atoms with Gasteiger partial charge >= 0.3 is 5.97 Å². The first-order valence-electron chi connectivity index (χ1n) is 10.7. The molecule has 0 N–H and O–H groups in total. The SMILES string of the molecule is CCCC=C(C(=O)OCc1ccc([N+](=O)[O-])cc1)N1C(=O)C2N=C(Cc3ccccc3)SC21. The molecule has 2 unspecified atom stereocenters. The number of carbonyl (C=O) groups is 2. The molecule has 2 aromatic carbocycles. The summed E-state index contributed by atoms with van der Waals surface area (Å²) in [5.74, 6) is -0.795. The van der Waals surface area contributed by atoms with E-state index in [9.17, 15) is 19.7 Å². The van der Waals surface area contributed by atoms with E-state index in [0.29, 0.717) is 18.4 Å². The number of unbranched alkanes of at least 4 members (excludes halogenated alkanes) is 1. The van der Waals surface area contributed by atoms with Crippen LogP contribution in [0.1, 0.15) is 30.9 Å². The third kappa shape index (κ3) is 4.98. The van der Waals surface area contributed by atoms with Crippen LogP contribution in [0.25, 0.3) is 0 Å². The zero-order valence-electron chi connectivity index (χ0n) is 18.0. The summed E-state index contributed by atoms with van der Waals surface area (Å²) in [4.78, 5) is 42.1. The third-order valence-corrected chi connectivity index (χ3v) is 6.60. The van der Waals surface area contributed by atoms with Gasteiger partial charge in [0.1, 0.15) is 17.7 Å². The van der Waals surface area contributed by atoms with Crippen molar-refractivity contribution in [3.8, 4) is 0 Å². The van der Waals surface area contributed by atoms with Crippen molar-refractivity contribution in [2.24, 2.45) is 4.99 Å². The lowest BCUT2D eigenvalue weighted by Crippen LogP contribution is -2.61. The van der Waals surface area contributed by atoms with Crippen molar-refractivity contribution in [1.82, 2.24) is 4.90 Å². The van der Waals surface area contributed by atoms with Gasteiger partial charge in [0.2, 0.25) is 0 Å². The van der Waals surface area contributed by atoms with E-state index in [2.05, 4.69) is 4.99 Å². The molecule has 170 valence electrons. The van der Waals surface area contributed by atoms with Crippen LogP contribution < -0.4 is 0 Å². The van der Waals surface area contributed by atoms with Gasteiger partial charge in [-0.1, -0.05) is 61.5 Å². The minimum Gasteiger partial charge on any atom is -0.456 e. The summed E-state index contributed by atoms with van der Waals surface area (Å²) >= 11 is 1.51. The molecule has 1 saturated heterocycles. The van der Waals surface area contributed by atoms with E-state index in [1.807, 2.05) is 37.3 Å². The predicted molar refractivity (Wildman–Crippen MR) is 125 cm³/mol. The molecule has 1 amide bonds. The quantitative estimate of drug-likeness (QED) is 0.180. The molecule has 2 aliphatic heterocycles. The lowest BCUT2D eigenvalue weighted by Gasteiger charge is -2.41. The van der Waals surface area contributed by atoms with Crippen molar-refractivity contribution in [1.29, 1.82) is 0 Å². The number of ether oxygens (including phenoxy) is 1. The van der Waals surface area contributed by atoms with Gasteiger partial charge in [-0.2, -0.15) is 0 Å². The van der Waals surface area contributed by atoms with Crippen LogP contribution in [0.5, 0.6) is 0 Å². The number of rotatable bonds is 9. The van der Waals surface area contributed by atoms with Gasteiger partial charge in [0.15, 0.2) is 6.04 Å². The van der Waals surface area contributed by atoms with E-state index in [0.717, 1.165) is 17.0 Å². The van der Waals surface area contributed by atoms with Crippen LogP contribution in [0.4, 0.5) is 5.69 Å². The van der Waals surface area contributed by atoms with Gasteiger partial charge in [-0.05, 0) is 29.7 Å². The van der Waals surface area contributed by atoms with Crippen molar-refractivity contribution < 1.29 is 19.2 Å². The monoisotopic (exact) mass is 465 g/mol. The standard InChI is InChI=1S/C24H23N3O5S/c1-2-3-9-19(24(29)32-15-17-10-12-18(13-11-17)27(30)31)26-22(28)21-23(26)33-20(25-21)14-16-7-5-4-6-8-16/h4-13,21,23H,2-3,14-15H2,1H3. The Kier molecular flexibility index (Phi) is 6.88. The van der Waals surface area contributed by atoms with Gasteiger partial charge in [-0.25, -0.2) is 4.79 Å². The van der Waals surface area contributed by atoms with Gasteiger partial charge in [0, 0.05) is 18.6 Å². The number of hydrogen-bond donors (Lipinski definition) is 0. The van der Waals surface area contributed by atoms with Crippen LogP contribution in [-0.4, -0.2) is 38.2 Å². The first-order valence-corrected chi connectivity index (χ1v) is 11.6. The van der Waals surface area contributed by atoms with Crippen LogP contribution >= 0.6 is 11.8 Å². The van der Waals surface area contributed by atoms with Crippen molar-refractivity contribution >= 4 is 34.4 Å². The smallest absolute Gasteiger partial charge is 0.355 e. The van der Waals surface area contributed by atoms with Crippen molar-refractivity contribution in [3.63, 3.8) is 0 Å². The highest BCUT2D eigenvalue weighted by atomic mass is 32.2. The lowest BCUT2D eigenvalue weighted by atomic mass is 10.1. The first-order chi connectivity index (χ1) is 16.0. The summed E-state index contributed by atoms with van der Waals surface area (Å²) in [6.07, 6.45) is 3.84. The molecule has 2 atom stereocenters. The normalized spacial score (nSPS) is 19.5. The predicted octanol–water partition coefficient (Wildman–Crippen LogP) is 4.25. The van der Waals surface area contributed by atoms with Gasteiger partial charge in [-0.15, -0.1) is 0 Å². The number of thioether (sulfide) groups is 1. The molecule has 2 aromatic rings. The number of carbonyl (C=O) groups excluding carboxylic acids is 2. The molecule has 0 radical (unpaired) electrons. The molecule has 0 saturated carbocycles. The Hall–Kier alpha value is -3.46. The number of aliphatic imine (C=N–C) groups is 1. The summed E-state index contributed by atoms with van der Waals surface area (Å²) in [7, 11) is 0. The number of fused-ring (bicyclic) bond motifs is 1. The minimum atomic E-state index is -0.592. The average Bonchev–Trinajstić information content (AvgIpc) is 3.19. The molecule has 0 bridgehead atoms. The van der Waals surface area contributed by atoms with Crippen LogP contribution in [0, 0.1) is 10.1 Å². The van der Waals surface area contributed by atoms with Gasteiger partial charge < -0.3 is 4.74 Å². The Bertz CT molecular complexity index is 1110. The third-order valence-electron chi connectivity index (χ3n) is 5.37. The number of nitro groups is 1. The largest absolute Gasteiger partial charge is 0.456 e. The Balaban J connectivity index is 1.42. The highest BCUT2D eigenvalue weighted by Crippen LogP contribution is 2.42. The highest BCUT2D eigenvalue weighted by molar-refractivity contribution is 8.14. The first kappa shape index (κ1) is 22.7. The number of esters is 1. The maximum Gasteiger partial charge on any atom is 0.355 e. The number of benzene rings is 2. The molecule has 0 aromatic heterocycles. The molecule has 0 spiro atoms. The van der Waals surface area contributed by atoms with E-state index in [-0.39, 0.29) is 29.3 Å². The number of β-lactam (4-membered cyclic amide) rings is 1. The maximum atomic E-state index is 12.9. The number of nitro benzene ring substituents is 1. The molecule has 2 heterocycles. The van der Waals surface area contributed by atoms with Crippen LogP contribution in [0.15, 0.2) is 71.4 Å². The fraction of sp³-hybridized carbons (Fsp3) is 0.292. The number of nitrogens with zero attached hydrogens (tertiary/aromatic N) is 3. The molecule has 33 heavy (non-hydrogen) atoms. The van der Waals surface area contributed by atoms with Gasteiger partial charge in [0.05, 0.1) is 9.97 Å². The van der Waals surface area contributed by atoms with Crippen LogP contribution in [-0.2, 0) is 27.4 Å². The highest BCUT2D eigenvalue weighted by Gasteiger charge is 2.54. The van der Waals surface area contributed by atoms with Crippen molar-refractivity contribution in [3.05, 3.63) is 87.6 Å². The fourth-order valence-electron chi connectivity index (χ4n) is 3.62. The van der Waals surface area contributed by atoms with Gasteiger partial charge in [0.25, 0.3) is 11.6 Å². The summed E-state index contributed by atoms with van der Waals surface area (Å²) in [5, 5.41) is 11.4. The molecule has 1 fully saturated rings. The van der Waals surface area contributed by atoms with Crippen molar-refractivity contribution in [2.75, 3.05) is 0 Å². The number of hydrogen-bond acceptors (Lipinski definition) is 7. The molecule has 9 heteroatoms. The Labute approximate surface area is 195 Å². The van der Waals surface area contributed by atoms with Crippen molar-refractivity contribution in [2.45, 2.75) is 44.2 Å². The molecular weight excluding hydrogens is 442 g/mol. The van der Waals surface area contributed by atoms with E-state index in [4.69, 9.17) is 4.74 Å². The molecule has 4 rings (SSSR count). The number of non-ortho nitro benzene ring substituents is 1. The topological polar surface area (TPSA) is 102 Å². The second-order valence-electron chi connectivity index (χ2n) is 7.72. The van der Waals surface area contributed by atoms with E-state index in [1.165, 1.54) is 28.8 Å². The number of amides is 1. The summed E-state index contributed by atoms with van der Waals surface area (Å²) in [6, 6.07) is 15.3. The fourth-order valence-corrected chi connectivity index (χ4v) is 4.95. The second kappa shape index (κ2) is 9.99.